The van der Waals surface area contributed by atoms with Gasteiger partial charge in [-0.05, 0) is 19.1 Å². The van der Waals surface area contributed by atoms with Gasteiger partial charge in [-0.25, -0.2) is 4.79 Å². The molecule has 0 fully saturated rings. The Morgan fingerprint density at radius 3 is 2.53 bits per heavy atom. The summed E-state index contributed by atoms with van der Waals surface area (Å²) in [7, 11) is 0. The van der Waals surface area contributed by atoms with Crippen LogP contribution in [0, 0.1) is 0 Å². The van der Waals surface area contributed by atoms with Crippen LogP contribution in [-0.4, -0.2) is 9.55 Å². The van der Waals surface area contributed by atoms with Crippen LogP contribution in [0.15, 0.2) is 46.0 Å². The van der Waals surface area contributed by atoms with Crippen molar-refractivity contribution in [2.75, 3.05) is 5.32 Å². The van der Waals surface area contributed by atoms with Gasteiger partial charge in [0.25, 0.3) is 5.56 Å². The third kappa shape index (κ3) is 2.44. The van der Waals surface area contributed by atoms with E-state index < -0.39 is 5.69 Å². The van der Waals surface area contributed by atoms with Gasteiger partial charge < -0.3 is 5.32 Å². The molecule has 2 N–H and O–H groups in total. The Balaban J connectivity index is 2.36. The van der Waals surface area contributed by atoms with E-state index in [0.717, 1.165) is 10.3 Å². The fraction of sp³-hybridized carbons (Fsp3) is 0.167. The lowest BCUT2D eigenvalue weighted by Gasteiger charge is -2.06. The van der Waals surface area contributed by atoms with Gasteiger partial charge in [0.2, 0.25) is 0 Å². The highest BCUT2D eigenvalue weighted by Gasteiger charge is 2.02. The van der Waals surface area contributed by atoms with Crippen LogP contribution >= 0.6 is 0 Å². The van der Waals surface area contributed by atoms with Crippen molar-refractivity contribution in [1.29, 1.82) is 0 Å². The molecular weight excluding hydrogens is 218 g/mol. The van der Waals surface area contributed by atoms with Gasteiger partial charge in [-0.15, -0.1) is 0 Å². The maximum Gasteiger partial charge on any atom is 0.329 e. The van der Waals surface area contributed by atoms with Crippen molar-refractivity contribution in [1.82, 2.24) is 9.55 Å². The molecule has 0 saturated heterocycles. The molecule has 1 aromatic heterocycles. The summed E-state index contributed by atoms with van der Waals surface area (Å²) in [6.07, 6.45) is 0. The summed E-state index contributed by atoms with van der Waals surface area (Å²) in [6.45, 7) is 2.11. The highest BCUT2D eigenvalue weighted by Crippen LogP contribution is 2.10. The molecule has 0 amide bonds. The first-order valence-corrected chi connectivity index (χ1v) is 5.37. The van der Waals surface area contributed by atoms with E-state index in [2.05, 4.69) is 10.3 Å². The van der Waals surface area contributed by atoms with Gasteiger partial charge in [0.1, 0.15) is 5.82 Å². The number of rotatable bonds is 3. The summed E-state index contributed by atoms with van der Waals surface area (Å²) in [5, 5.41) is 2.97. The van der Waals surface area contributed by atoms with Crippen molar-refractivity contribution >= 4 is 11.5 Å². The standard InChI is InChI=1S/C12H13N3O2/c1-2-15-11(16)8-10(14-12(15)17)13-9-6-4-3-5-7-9/h3-8,13H,2H2,1H3,(H,14,17). The molecule has 0 aliphatic rings. The lowest BCUT2D eigenvalue weighted by Crippen LogP contribution is -2.34. The molecule has 2 rings (SSSR count). The van der Waals surface area contributed by atoms with E-state index in [1.54, 1.807) is 6.92 Å². The van der Waals surface area contributed by atoms with Crippen molar-refractivity contribution in [2.45, 2.75) is 13.5 Å². The Kier molecular flexibility index (Phi) is 3.09. The van der Waals surface area contributed by atoms with Gasteiger partial charge in [-0.1, -0.05) is 18.2 Å². The second-order valence-electron chi connectivity index (χ2n) is 3.56. The number of para-hydroxylation sites is 1. The van der Waals surface area contributed by atoms with Gasteiger partial charge in [-0.3, -0.25) is 14.3 Å². The van der Waals surface area contributed by atoms with E-state index in [0.29, 0.717) is 12.4 Å². The monoisotopic (exact) mass is 231 g/mol. The summed E-state index contributed by atoms with van der Waals surface area (Å²) in [5.41, 5.74) is 0.102. The van der Waals surface area contributed by atoms with Crippen molar-refractivity contribution in [2.24, 2.45) is 0 Å². The lowest BCUT2D eigenvalue weighted by atomic mass is 10.3. The van der Waals surface area contributed by atoms with Crippen LogP contribution in [0.4, 0.5) is 11.5 Å². The molecule has 0 saturated carbocycles. The fourth-order valence-electron chi connectivity index (χ4n) is 1.56. The van der Waals surface area contributed by atoms with Gasteiger partial charge in [0.15, 0.2) is 0 Å². The molecule has 0 spiro atoms. The topological polar surface area (TPSA) is 66.9 Å². The lowest BCUT2D eigenvalue weighted by molar-refractivity contribution is 0.674. The number of aromatic amines is 1. The van der Waals surface area contributed by atoms with Crippen molar-refractivity contribution in [3.63, 3.8) is 0 Å². The average molecular weight is 231 g/mol. The Bertz CT molecular complexity index is 582. The maximum atomic E-state index is 11.6. The number of anilines is 2. The van der Waals surface area contributed by atoms with E-state index >= 15 is 0 Å². The number of nitrogens with zero attached hydrogens (tertiary/aromatic N) is 1. The number of hydrogen-bond donors (Lipinski definition) is 2. The third-order valence-electron chi connectivity index (χ3n) is 2.39. The molecule has 0 atom stereocenters. The predicted octanol–water partition coefficient (Wildman–Crippen LogP) is 1.30. The van der Waals surface area contributed by atoms with Gasteiger partial charge in [0.05, 0.1) is 0 Å². The molecule has 88 valence electrons. The highest BCUT2D eigenvalue weighted by molar-refractivity contribution is 5.54. The molecule has 0 aliphatic heterocycles. The molecule has 5 heteroatoms. The normalized spacial score (nSPS) is 10.2. The zero-order chi connectivity index (χ0) is 12.3. The molecule has 17 heavy (non-hydrogen) atoms. The number of benzene rings is 1. The van der Waals surface area contributed by atoms with E-state index in [1.165, 1.54) is 6.07 Å². The van der Waals surface area contributed by atoms with Crippen molar-refractivity contribution in [3.8, 4) is 0 Å². The average Bonchev–Trinajstić information content (AvgIpc) is 2.30. The molecular formula is C12H13N3O2. The summed E-state index contributed by atoms with van der Waals surface area (Å²) < 4.78 is 1.14. The van der Waals surface area contributed by atoms with Gasteiger partial charge in [-0.2, -0.15) is 0 Å². The highest BCUT2D eigenvalue weighted by atomic mass is 16.2. The van der Waals surface area contributed by atoms with Crippen LogP contribution in [0.5, 0.6) is 0 Å². The number of hydrogen-bond acceptors (Lipinski definition) is 3. The molecule has 0 radical (unpaired) electrons. The molecule has 5 nitrogen and oxygen atoms in total. The fourth-order valence-corrected chi connectivity index (χ4v) is 1.56. The first-order chi connectivity index (χ1) is 8.20. The molecule has 0 unspecified atom stereocenters. The number of aromatic nitrogens is 2. The second kappa shape index (κ2) is 4.69. The SMILES string of the molecule is CCn1c(=O)cc(Nc2ccccc2)[nH]c1=O. The van der Waals surface area contributed by atoms with Crippen LogP contribution < -0.4 is 16.6 Å². The summed E-state index contributed by atoms with van der Waals surface area (Å²) in [5.74, 6) is 0.399. The summed E-state index contributed by atoms with van der Waals surface area (Å²) >= 11 is 0. The minimum atomic E-state index is -0.404. The molecule has 2 aromatic rings. The number of nitrogens with one attached hydrogen (secondary N) is 2. The summed E-state index contributed by atoms with van der Waals surface area (Å²) in [4.78, 5) is 25.7. The predicted molar refractivity (Wildman–Crippen MR) is 66.7 cm³/mol. The maximum absolute atomic E-state index is 11.6. The van der Waals surface area contributed by atoms with Crippen LogP contribution in [0.2, 0.25) is 0 Å². The molecule has 1 heterocycles. The molecule has 0 bridgehead atoms. The first kappa shape index (κ1) is 11.2. The Hall–Kier alpha value is -2.30. The minimum absolute atomic E-state index is 0.310. The Morgan fingerprint density at radius 1 is 1.24 bits per heavy atom. The number of H-pyrrole nitrogens is 1. The largest absolute Gasteiger partial charge is 0.342 e. The Labute approximate surface area is 97.7 Å². The van der Waals surface area contributed by atoms with E-state index in [1.807, 2.05) is 30.3 Å². The molecule has 1 aromatic carbocycles. The zero-order valence-electron chi connectivity index (χ0n) is 9.43. The minimum Gasteiger partial charge on any atom is -0.342 e. The quantitative estimate of drug-likeness (QED) is 0.836. The zero-order valence-corrected chi connectivity index (χ0v) is 9.43. The smallest absolute Gasteiger partial charge is 0.329 e. The van der Waals surface area contributed by atoms with Gasteiger partial charge in [0, 0.05) is 18.3 Å². The van der Waals surface area contributed by atoms with E-state index in [9.17, 15) is 9.59 Å². The Morgan fingerprint density at radius 2 is 1.94 bits per heavy atom. The van der Waals surface area contributed by atoms with Crippen LogP contribution in [0.3, 0.4) is 0 Å². The third-order valence-corrected chi connectivity index (χ3v) is 2.39. The van der Waals surface area contributed by atoms with Crippen molar-refractivity contribution < 1.29 is 0 Å². The second-order valence-corrected chi connectivity index (χ2v) is 3.56. The van der Waals surface area contributed by atoms with E-state index in [-0.39, 0.29) is 5.56 Å². The van der Waals surface area contributed by atoms with Crippen LogP contribution in [0.25, 0.3) is 0 Å². The van der Waals surface area contributed by atoms with Crippen molar-refractivity contribution in [3.05, 3.63) is 57.2 Å². The van der Waals surface area contributed by atoms with Crippen LogP contribution in [-0.2, 0) is 6.54 Å². The van der Waals surface area contributed by atoms with Crippen LogP contribution in [0.1, 0.15) is 6.92 Å². The first-order valence-electron chi connectivity index (χ1n) is 5.37. The molecule has 0 aliphatic carbocycles. The summed E-state index contributed by atoms with van der Waals surface area (Å²) in [6, 6.07) is 10.7. The van der Waals surface area contributed by atoms with Gasteiger partial charge >= 0.3 is 5.69 Å². The van der Waals surface area contributed by atoms with E-state index in [4.69, 9.17) is 0 Å².